The van der Waals surface area contributed by atoms with Crippen LogP contribution in [-0.4, -0.2) is 16.5 Å². The molecule has 0 spiro atoms. The van der Waals surface area contributed by atoms with Crippen molar-refractivity contribution in [3.05, 3.63) is 59.5 Å². The van der Waals surface area contributed by atoms with Crippen molar-refractivity contribution < 1.29 is 4.74 Å². The number of rotatable bonds is 4. The summed E-state index contributed by atoms with van der Waals surface area (Å²) < 4.78 is 7.28. The van der Waals surface area contributed by atoms with Crippen molar-refractivity contribution in [2.45, 2.75) is 12.8 Å². The first-order chi connectivity index (χ1) is 10.7. The van der Waals surface area contributed by atoms with Crippen LogP contribution in [0.3, 0.4) is 0 Å². The molecule has 2 aromatic heterocycles. The van der Waals surface area contributed by atoms with Gasteiger partial charge >= 0.3 is 0 Å². The molecular weight excluding hydrogens is 276 g/mol. The minimum Gasteiger partial charge on any atom is -0.496 e. The van der Waals surface area contributed by atoms with E-state index in [0.717, 1.165) is 28.3 Å². The molecule has 2 heterocycles. The number of nitriles is 1. The fourth-order valence-corrected chi connectivity index (χ4v) is 2.59. The number of nitrogens with two attached hydrogens (primary N) is 1. The van der Waals surface area contributed by atoms with E-state index in [-0.39, 0.29) is 6.42 Å². The topological polar surface area (TPSA) is 76.3 Å². The highest BCUT2D eigenvalue weighted by molar-refractivity contribution is 5.51. The molecule has 2 N–H and O–H groups in total. The molecule has 5 heteroatoms. The maximum atomic E-state index is 9.11. The van der Waals surface area contributed by atoms with Crippen LogP contribution in [0.4, 0.5) is 5.69 Å². The van der Waals surface area contributed by atoms with Crippen LogP contribution in [0.25, 0.3) is 5.65 Å². The quantitative estimate of drug-likeness (QED) is 0.802. The highest BCUT2D eigenvalue weighted by Crippen LogP contribution is 2.24. The van der Waals surface area contributed by atoms with Crippen LogP contribution in [0.15, 0.2) is 42.6 Å². The Balaban J connectivity index is 2.10. The Hall–Kier alpha value is -3.00. The fourth-order valence-electron chi connectivity index (χ4n) is 2.59. The first kappa shape index (κ1) is 14.0. The number of pyridine rings is 1. The summed E-state index contributed by atoms with van der Waals surface area (Å²) in [6.07, 6.45) is 2.71. The van der Waals surface area contributed by atoms with Crippen molar-refractivity contribution in [3.63, 3.8) is 0 Å². The monoisotopic (exact) mass is 292 g/mol. The van der Waals surface area contributed by atoms with E-state index in [2.05, 4.69) is 11.1 Å². The van der Waals surface area contributed by atoms with Crippen LogP contribution in [0.2, 0.25) is 0 Å². The van der Waals surface area contributed by atoms with E-state index in [4.69, 9.17) is 15.7 Å². The molecule has 0 aliphatic rings. The van der Waals surface area contributed by atoms with Gasteiger partial charge in [0.05, 0.1) is 31.0 Å². The molecule has 0 atom stereocenters. The Kier molecular flexibility index (Phi) is 3.67. The minimum absolute atomic E-state index is 0.287. The third-order valence-electron chi connectivity index (χ3n) is 3.62. The number of benzene rings is 1. The van der Waals surface area contributed by atoms with Crippen molar-refractivity contribution in [1.82, 2.24) is 9.38 Å². The van der Waals surface area contributed by atoms with E-state index in [1.54, 1.807) is 13.3 Å². The average Bonchev–Trinajstić information content (AvgIpc) is 2.85. The van der Waals surface area contributed by atoms with E-state index in [1.807, 2.05) is 40.8 Å². The molecule has 0 unspecified atom stereocenters. The Labute approximate surface area is 128 Å². The van der Waals surface area contributed by atoms with E-state index in [0.29, 0.717) is 12.1 Å². The van der Waals surface area contributed by atoms with Crippen molar-refractivity contribution in [3.8, 4) is 11.8 Å². The lowest BCUT2D eigenvalue weighted by Crippen LogP contribution is -1.99. The Morgan fingerprint density at radius 2 is 2.09 bits per heavy atom. The minimum atomic E-state index is 0.287. The van der Waals surface area contributed by atoms with Crippen LogP contribution in [0, 0.1) is 11.3 Å². The van der Waals surface area contributed by atoms with E-state index in [1.165, 1.54) is 0 Å². The number of imidazole rings is 1. The van der Waals surface area contributed by atoms with Crippen molar-refractivity contribution >= 4 is 11.3 Å². The second-order valence-corrected chi connectivity index (χ2v) is 5.02. The molecule has 0 aliphatic carbocycles. The number of hydrogen-bond donors (Lipinski definition) is 1. The number of hydrogen-bond acceptors (Lipinski definition) is 4. The molecule has 0 fully saturated rings. The van der Waals surface area contributed by atoms with Gasteiger partial charge in [0, 0.05) is 23.9 Å². The molecular formula is C17H16N4O. The van der Waals surface area contributed by atoms with Gasteiger partial charge in [0.25, 0.3) is 0 Å². The maximum absolute atomic E-state index is 9.11. The number of aromatic nitrogens is 2. The van der Waals surface area contributed by atoms with Crippen LogP contribution in [-0.2, 0) is 12.8 Å². The molecule has 110 valence electrons. The van der Waals surface area contributed by atoms with E-state index < -0.39 is 0 Å². The zero-order valence-corrected chi connectivity index (χ0v) is 12.3. The molecule has 0 bridgehead atoms. The number of nitrogen functional groups attached to an aromatic ring is 1. The molecule has 0 radical (unpaired) electrons. The lowest BCUT2D eigenvalue weighted by molar-refractivity contribution is 0.410. The van der Waals surface area contributed by atoms with Gasteiger partial charge in [0.2, 0.25) is 0 Å². The van der Waals surface area contributed by atoms with Gasteiger partial charge in [-0.1, -0.05) is 18.2 Å². The molecule has 0 aliphatic heterocycles. The van der Waals surface area contributed by atoms with E-state index >= 15 is 0 Å². The number of ether oxygens (including phenoxy) is 1. The lowest BCUT2D eigenvalue weighted by Gasteiger charge is -2.07. The summed E-state index contributed by atoms with van der Waals surface area (Å²) in [7, 11) is 1.65. The fraction of sp³-hybridized carbons (Fsp3) is 0.176. The molecule has 1 aromatic carbocycles. The van der Waals surface area contributed by atoms with Crippen molar-refractivity contribution in [2.24, 2.45) is 0 Å². The zero-order chi connectivity index (χ0) is 15.5. The molecule has 5 nitrogen and oxygen atoms in total. The summed E-state index contributed by atoms with van der Waals surface area (Å²) in [6, 6.07) is 13.7. The second-order valence-electron chi connectivity index (χ2n) is 5.02. The van der Waals surface area contributed by atoms with Crippen LogP contribution >= 0.6 is 0 Å². The summed E-state index contributed by atoms with van der Waals surface area (Å²) in [5.41, 5.74) is 10.1. The predicted molar refractivity (Wildman–Crippen MR) is 84.7 cm³/mol. The molecule has 0 saturated carbocycles. The van der Waals surface area contributed by atoms with Crippen molar-refractivity contribution in [2.75, 3.05) is 12.8 Å². The van der Waals surface area contributed by atoms with Gasteiger partial charge in [0.15, 0.2) is 0 Å². The summed E-state index contributed by atoms with van der Waals surface area (Å²) in [5, 5.41) is 9.11. The third kappa shape index (κ3) is 2.47. The van der Waals surface area contributed by atoms with Gasteiger partial charge in [0.1, 0.15) is 11.4 Å². The average molecular weight is 292 g/mol. The normalized spacial score (nSPS) is 10.5. The highest BCUT2D eigenvalue weighted by atomic mass is 16.5. The Morgan fingerprint density at radius 3 is 2.86 bits per heavy atom. The maximum Gasteiger partial charge on any atom is 0.137 e. The summed E-state index contributed by atoms with van der Waals surface area (Å²) >= 11 is 0. The first-order valence-corrected chi connectivity index (χ1v) is 6.97. The summed E-state index contributed by atoms with van der Waals surface area (Å²) in [6.45, 7) is 0. The molecule has 22 heavy (non-hydrogen) atoms. The lowest BCUT2D eigenvalue weighted by atomic mass is 10.1. The molecule has 3 aromatic rings. The number of nitrogens with zero attached hydrogens (tertiary/aromatic N) is 3. The van der Waals surface area contributed by atoms with Gasteiger partial charge < -0.3 is 14.9 Å². The third-order valence-corrected chi connectivity index (χ3v) is 3.62. The second kappa shape index (κ2) is 5.78. The Bertz CT molecular complexity index is 861. The molecule has 0 saturated heterocycles. The van der Waals surface area contributed by atoms with Gasteiger partial charge in [-0.25, -0.2) is 4.98 Å². The SMILES string of the molecule is COc1ccccc1Cc1nc2ccc(N)cn2c1CC#N. The summed E-state index contributed by atoms with van der Waals surface area (Å²) in [5.74, 6) is 0.821. The molecule has 0 amide bonds. The number of anilines is 1. The smallest absolute Gasteiger partial charge is 0.137 e. The van der Waals surface area contributed by atoms with Crippen molar-refractivity contribution in [1.29, 1.82) is 5.26 Å². The first-order valence-electron chi connectivity index (χ1n) is 6.97. The molecule has 3 rings (SSSR count). The standard InChI is InChI=1S/C17H16N4O/c1-22-16-5-3-2-4-12(16)10-14-15(8-9-18)21-11-13(19)6-7-17(21)20-14/h2-7,11H,8,10,19H2,1H3. The summed E-state index contributed by atoms with van der Waals surface area (Å²) in [4.78, 5) is 4.64. The van der Waals surface area contributed by atoms with Gasteiger partial charge in [-0.3, -0.25) is 0 Å². The van der Waals surface area contributed by atoms with Gasteiger partial charge in [-0.15, -0.1) is 0 Å². The highest BCUT2D eigenvalue weighted by Gasteiger charge is 2.14. The van der Waals surface area contributed by atoms with E-state index in [9.17, 15) is 0 Å². The van der Waals surface area contributed by atoms with Gasteiger partial charge in [-0.05, 0) is 18.2 Å². The number of fused-ring (bicyclic) bond motifs is 1. The Morgan fingerprint density at radius 1 is 1.27 bits per heavy atom. The predicted octanol–water partition coefficient (Wildman–Crippen LogP) is 2.58. The van der Waals surface area contributed by atoms with Gasteiger partial charge in [-0.2, -0.15) is 5.26 Å². The van der Waals surface area contributed by atoms with Crippen LogP contribution in [0.5, 0.6) is 5.75 Å². The zero-order valence-electron chi connectivity index (χ0n) is 12.3. The largest absolute Gasteiger partial charge is 0.496 e. The number of methoxy groups -OCH3 is 1. The van der Waals surface area contributed by atoms with Crippen LogP contribution < -0.4 is 10.5 Å². The van der Waals surface area contributed by atoms with Crippen LogP contribution in [0.1, 0.15) is 17.0 Å². The number of para-hydroxylation sites is 1.